The Morgan fingerprint density at radius 2 is 2.04 bits per heavy atom. The number of likely N-dealkylation sites (N-methyl/N-ethyl adjacent to an activating group) is 1. The summed E-state index contributed by atoms with van der Waals surface area (Å²) in [5.41, 5.74) is 1.17. The lowest BCUT2D eigenvalue weighted by Crippen LogP contribution is -2.47. The molecular weight excluding hydrogens is 320 g/mol. The molecule has 24 heavy (non-hydrogen) atoms. The van der Waals surface area contributed by atoms with Crippen LogP contribution in [0, 0.1) is 0 Å². The fraction of sp³-hybridized carbons (Fsp3) is 0.421. The van der Waals surface area contributed by atoms with Gasteiger partial charge in [-0.1, -0.05) is 36.4 Å². The van der Waals surface area contributed by atoms with Gasteiger partial charge in [0.05, 0.1) is 25.3 Å². The lowest BCUT2D eigenvalue weighted by Gasteiger charge is -2.37. The number of hydrogen-bond acceptors (Lipinski definition) is 4. The van der Waals surface area contributed by atoms with Gasteiger partial charge in [-0.05, 0) is 23.9 Å². The van der Waals surface area contributed by atoms with Gasteiger partial charge < -0.3 is 9.64 Å². The van der Waals surface area contributed by atoms with Crippen LogP contribution in [0.5, 0.6) is 0 Å². The van der Waals surface area contributed by atoms with E-state index in [1.54, 1.807) is 11.3 Å². The van der Waals surface area contributed by atoms with Crippen molar-refractivity contribution in [3.05, 3.63) is 58.3 Å². The van der Waals surface area contributed by atoms with E-state index in [-0.39, 0.29) is 18.1 Å². The first kappa shape index (κ1) is 17.1. The summed E-state index contributed by atoms with van der Waals surface area (Å²) in [5.74, 6) is 0.157. The smallest absolute Gasteiger partial charge is 0.236 e. The van der Waals surface area contributed by atoms with Crippen LogP contribution >= 0.6 is 11.3 Å². The number of benzene rings is 1. The normalized spacial score (nSPS) is 21.6. The summed E-state index contributed by atoms with van der Waals surface area (Å²) in [4.78, 5) is 17.8. The molecule has 1 aliphatic heterocycles. The number of carbonyl (C=O) groups is 1. The van der Waals surface area contributed by atoms with Crippen molar-refractivity contribution < 1.29 is 9.53 Å². The van der Waals surface area contributed by atoms with E-state index in [0.29, 0.717) is 13.1 Å². The van der Waals surface area contributed by atoms with E-state index in [0.717, 1.165) is 13.1 Å². The molecule has 5 heteroatoms. The van der Waals surface area contributed by atoms with Gasteiger partial charge in [0.2, 0.25) is 5.91 Å². The summed E-state index contributed by atoms with van der Waals surface area (Å²) in [6.45, 7) is 4.74. The Kier molecular flexibility index (Phi) is 5.66. The minimum Gasteiger partial charge on any atom is -0.368 e. The molecule has 0 N–H and O–H groups in total. The number of nitrogens with zero attached hydrogens (tertiary/aromatic N) is 2. The molecule has 1 aliphatic rings. The zero-order valence-electron chi connectivity index (χ0n) is 14.2. The van der Waals surface area contributed by atoms with E-state index in [9.17, 15) is 4.79 Å². The minimum atomic E-state index is 0.0327. The first-order valence-electron chi connectivity index (χ1n) is 8.31. The number of thiophene rings is 1. The van der Waals surface area contributed by atoms with Crippen molar-refractivity contribution in [2.45, 2.75) is 25.7 Å². The zero-order chi connectivity index (χ0) is 16.9. The van der Waals surface area contributed by atoms with Crippen LogP contribution in [-0.2, 0) is 16.1 Å². The molecule has 1 aromatic heterocycles. The van der Waals surface area contributed by atoms with Crippen LogP contribution in [0.25, 0.3) is 0 Å². The molecule has 0 saturated carbocycles. The molecule has 1 saturated heterocycles. The third-order valence-corrected chi connectivity index (χ3v) is 5.13. The van der Waals surface area contributed by atoms with E-state index < -0.39 is 0 Å². The molecule has 2 unspecified atom stereocenters. The molecule has 4 nitrogen and oxygen atoms in total. The predicted molar refractivity (Wildman–Crippen MR) is 97.0 cm³/mol. The Balaban J connectivity index is 1.58. The summed E-state index contributed by atoms with van der Waals surface area (Å²) in [6, 6.07) is 14.3. The molecule has 2 heterocycles. The highest BCUT2D eigenvalue weighted by atomic mass is 32.1. The van der Waals surface area contributed by atoms with Gasteiger partial charge in [-0.15, -0.1) is 11.3 Å². The molecule has 0 radical (unpaired) electrons. The van der Waals surface area contributed by atoms with Gasteiger partial charge in [-0.3, -0.25) is 9.69 Å². The predicted octanol–water partition coefficient (Wildman–Crippen LogP) is 3.17. The topological polar surface area (TPSA) is 32.8 Å². The average Bonchev–Trinajstić information content (AvgIpc) is 3.08. The standard InChI is InChI=1S/C19H24N2O2S/c1-15-11-21(13-18(23-15)16-7-4-3-5-8-16)14-19(22)20(2)12-17-9-6-10-24-17/h3-10,15,18H,11-14H2,1-2H3. The molecular formula is C19H24N2O2S. The van der Waals surface area contributed by atoms with E-state index in [1.165, 1.54) is 10.4 Å². The van der Waals surface area contributed by atoms with Crippen molar-refractivity contribution in [3.63, 3.8) is 0 Å². The summed E-state index contributed by atoms with van der Waals surface area (Å²) >= 11 is 1.69. The number of amides is 1. The monoisotopic (exact) mass is 344 g/mol. The van der Waals surface area contributed by atoms with Crippen LogP contribution < -0.4 is 0 Å². The van der Waals surface area contributed by atoms with Crippen molar-refractivity contribution >= 4 is 17.2 Å². The maximum absolute atomic E-state index is 12.5. The number of morpholine rings is 1. The number of hydrogen-bond donors (Lipinski definition) is 0. The van der Waals surface area contributed by atoms with Crippen molar-refractivity contribution in [1.29, 1.82) is 0 Å². The van der Waals surface area contributed by atoms with Gasteiger partial charge in [-0.2, -0.15) is 0 Å². The maximum Gasteiger partial charge on any atom is 0.236 e. The third-order valence-electron chi connectivity index (χ3n) is 4.26. The Morgan fingerprint density at radius 3 is 2.75 bits per heavy atom. The van der Waals surface area contributed by atoms with Gasteiger partial charge in [-0.25, -0.2) is 0 Å². The Bertz CT molecular complexity index is 645. The van der Waals surface area contributed by atoms with Gasteiger partial charge >= 0.3 is 0 Å². The average molecular weight is 344 g/mol. The Morgan fingerprint density at radius 1 is 1.25 bits per heavy atom. The van der Waals surface area contributed by atoms with Gasteiger partial charge in [0.25, 0.3) is 0 Å². The van der Waals surface area contributed by atoms with Crippen LogP contribution in [0.3, 0.4) is 0 Å². The molecule has 2 aromatic rings. The SMILES string of the molecule is CC1CN(CC(=O)N(C)Cc2cccs2)CC(c2ccccc2)O1. The van der Waals surface area contributed by atoms with Crippen molar-refractivity contribution in [3.8, 4) is 0 Å². The van der Waals surface area contributed by atoms with Crippen LogP contribution in [0.15, 0.2) is 47.8 Å². The van der Waals surface area contributed by atoms with Crippen LogP contribution in [0.1, 0.15) is 23.5 Å². The highest BCUT2D eigenvalue weighted by Crippen LogP contribution is 2.25. The molecule has 128 valence electrons. The molecule has 0 aliphatic carbocycles. The molecule has 3 rings (SSSR count). The zero-order valence-corrected chi connectivity index (χ0v) is 15.0. The molecule has 0 bridgehead atoms. The van der Waals surface area contributed by atoms with E-state index >= 15 is 0 Å². The van der Waals surface area contributed by atoms with Crippen LogP contribution in [0.4, 0.5) is 0 Å². The number of carbonyl (C=O) groups excluding carboxylic acids is 1. The van der Waals surface area contributed by atoms with E-state index in [4.69, 9.17) is 4.74 Å². The quantitative estimate of drug-likeness (QED) is 0.835. The maximum atomic E-state index is 12.5. The first-order chi connectivity index (χ1) is 11.6. The lowest BCUT2D eigenvalue weighted by atomic mass is 10.1. The number of ether oxygens (including phenoxy) is 1. The molecule has 1 fully saturated rings. The molecule has 1 aromatic carbocycles. The second-order valence-corrected chi connectivity index (χ2v) is 7.40. The molecule has 1 amide bonds. The lowest BCUT2D eigenvalue weighted by molar-refractivity contribution is -0.135. The fourth-order valence-electron chi connectivity index (χ4n) is 3.06. The van der Waals surface area contributed by atoms with Crippen molar-refractivity contribution in [1.82, 2.24) is 9.80 Å². The fourth-order valence-corrected chi connectivity index (χ4v) is 3.81. The van der Waals surface area contributed by atoms with Gasteiger partial charge in [0.1, 0.15) is 0 Å². The van der Waals surface area contributed by atoms with Crippen LogP contribution in [-0.4, -0.2) is 48.5 Å². The minimum absolute atomic E-state index is 0.0327. The Labute approximate surface area is 147 Å². The third kappa shape index (κ3) is 4.44. The summed E-state index contributed by atoms with van der Waals surface area (Å²) in [6.07, 6.45) is 0.157. The van der Waals surface area contributed by atoms with Crippen molar-refractivity contribution in [2.75, 3.05) is 26.7 Å². The largest absolute Gasteiger partial charge is 0.368 e. The van der Waals surface area contributed by atoms with Crippen LogP contribution in [0.2, 0.25) is 0 Å². The summed E-state index contributed by atoms with van der Waals surface area (Å²) in [7, 11) is 1.88. The highest BCUT2D eigenvalue weighted by molar-refractivity contribution is 7.09. The van der Waals surface area contributed by atoms with Gasteiger partial charge in [0, 0.05) is 25.0 Å². The van der Waals surface area contributed by atoms with E-state index in [1.807, 2.05) is 41.6 Å². The number of rotatable bonds is 5. The Hall–Kier alpha value is -1.69. The van der Waals surface area contributed by atoms with E-state index in [2.05, 4.69) is 30.0 Å². The first-order valence-corrected chi connectivity index (χ1v) is 9.19. The second-order valence-electron chi connectivity index (χ2n) is 6.37. The summed E-state index contributed by atoms with van der Waals surface area (Å²) < 4.78 is 6.06. The molecule has 2 atom stereocenters. The second kappa shape index (κ2) is 7.92. The van der Waals surface area contributed by atoms with Crippen molar-refractivity contribution in [2.24, 2.45) is 0 Å². The summed E-state index contributed by atoms with van der Waals surface area (Å²) in [5, 5.41) is 2.04. The highest BCUT2D eigenvalue weighted by Gasteiger charge is 2.28. The molecule has 0 spiro atoms. The van der Waals surface area contributed by atoms with Gasteiger partial charge in [0.15, 0.2) is 0 Å².